The van der Waals surface area contributed by atoms with E-state index in [2.05, 4.69) is 0 Å². The lowest BCUT2D eigenvalue weighted by molar-refractivity contribution is -0.142. The minimum Gasteiger partial charge on any atom is -0.493 e. The molecule has 0 aliphatic heterocycles. The highest BCUT2D eigenvalue weighted by atomic mass is 31.2. The zero-order chi connectivity index (χ0) is 19.9. The van der Waals surface area contributed by atoms with E-state index in [-0.39, 0.29) is 18.1 Å². The average molecular weight is 394 g/mol. The molecule has 27 heavy (non-hydrogen) atoms. The Kier molecular flexibility index (Phi) is 7.13. The molecule has 0 saturated heterocycles. The maximum atomic E-state index is 13.6. The quantitative estimate of drug-likeness (QED) is 0.463. The van der Waals surface area contributed by atoms with Gasteiger partial charge in [0.1, 0.15) is 0 Å². The van der Waals surface area contributed by atoms with Gasteiger partial charge in [0.25, 0.3) is 0 Å². The van der Waals surface area contributed by atoms with Crippen LogP contribution in [-0.4, -0.2) is 32.5 Å². The summed E-state index contributed by atoms with van der Waals surface area (Å²) in [5.41, 5.74) is -1.17. The van der Waals surface area contributed by atoms with Crippen LogP contribution in [0, 0.1) is 0 Å². The molecule has 0 bridgehead atoms. The lowest BCUT2D eigenvalue weighted by Crippen LogP contribution is -2.25. The summed E-state index contributed by atoms with van der Waals surface area (Å²) in [5.74, 6) is 0.407. The Morgan fingerprint density at radius 2 is 1.30 bits per heavy atom. The molecule has 7 nitrogen and oxygen atoms in total. The molecule has 2 aromatic carbocycles. The zero-order valence-electron chi connectivity index (χ0n) is 15.7. The molecular formula is C19H23O7P. The molecule has 0 heterocycles. The normalized spacial score (nSPS) is 12.0. The molecule has 0 radical (unpaired) electrons. The first kappa shape index (κ1) is 20.6. The van der Waals surface area contributed by atoms with Crippen molar-refractivity contribution in [2.75, 3.05) is 20.8 Å². The van der Waals surface area contributed by atoms with Crippen LogP contribution in [0.15, 0.2) is 48.5 Å². The van der Waals surface area contributed by atoms with E-state index in [0.717, 1.165) is 0 Å². The van der Waals surface area contributed by atoms with E-state index in [9.17, 15) is 9.36 Å². The van der Waals surface area contributed by atoms with Crippen molar-refractivity contribution < 1.29 is 32.6 Å². The van der Waals surface area contributed by atoms with Crippen LogP contribution in [0.5, 0.6) is 23.0 Å². The first-order valence-electron chi connectivity index (χ1n) is 8.36. The molecule has 0 aromatic heterocycles. The van der Waals surface area contributed by atoms with Gasteiger partial charge in [-0.1, -0.05) is 24.3 Å². The summed E-state index contributed by atoms with van der Waals surface area (Å²) in [6.07, 6.45) is 0. The molecular weight excluding hydrogens is 371 g/mol. The van der Waals surface area contributed by atoms with E-state index in [1.807, 2.05) is 0 Å². The Morgan fingerprint density at radius 3 is 1.67 bits per heavy atom. The molecule has 2 rings (SSSR count). The predicted molar refractivity (Wildman–Crippen MR) is 101 cm³/mol. The van der Waals surface area contributed by atoms with E-state index in [1.165, 1.54) is 21.1 Å². The standard InChI is InChI=1S/C19H23O7P/c1-5-24-19(20)14(2)27(21,25-17-12-8-6-10-15(17)22-3)26-18-13-9-7-11-16(18)23-4/h6-14H,5H2,1-4H3. The molecule has 0 aliphatic carbocycles. The predicted octanol–water partition coefficient (Wildman–Crippen LogP) is 4.31. The number of rotatable bonds is 9. The van der Waals surface area contributed by atoms with Crippen molar-refractivity contribution in [2.24, 2.45) is 0 Å². The molecule has 0 N–H and O–H groups in total. The number of ether oxygens (including phenoxy) is 3. The van der Waals surface area contributed by atoms with Crippen LogP contribution in [0.25, 0.3) is 0 Å². The van der Waals surface area contributed by atoms with Gasteiger partial charge in [0.2, 0.25) is 0 Å². The van der Waals surface area contributed by atoms with E-state index in [0.29, 0.717) is 11.5 Å². The van der Waals surface area contributed by atoms with Crippen molar-refractivity contribution in [3.8, 4) is 23.0 Å². The van der Waals surface area contributed by atoms with Gasteiger partial charge >= 0.3 is 13.6 Å². The molecule has 0 aliphatic rings. The van der Waals surface area contributed by atoms with Gasteiger partial charge in [-0.25, -0.2) is 4.57 Å². The Labute approximate surface area is 158 Å². The van der Waals surface area contributed by atoms with Gasteiger partial charge in [0.15, 0.2) is 28.7 Å². The minimum atomic E-state index is -4.05. The zero-order valence-corrected chi connectivity index (χ0v) is 16.6. The first-order chi connectivity index (χ1) is 12.9. The molecule has 0 spiro atoms. The van der Waals surface area contributed by atoms with E-state index < -0.39 is 19.2 Å². The van der Waals surface area contributed by atoms with Crippen molar-refractivity contribution in [3.63, 3.8) is 0 Å². The fraction of sp³-hybridized carbons (Fsp3) is 0.316. The molecule has 1 atom stereocenters. The highest BCUT2D eigenvalue weighted by Crippen LogP contribution is 2.55. The second-order valence-corrected chi connectivity index (χ2v) is 7.67. The topological polar surface area (TPSA) is 80.3 Å². The average Bonchev–Trinajstić information content (AvgIpc) is 2.68. The maximum absolute atomic E-state index is 13.6. The van der Waals surface area contributed by atoms with Gasteiger partial charge in [0, 0.05) is 0 Å². The van der Waals surface area contributed by atoms with E-state index in [1.54, 1.807) is 55.5 Å². The van der Waals surface area contributed by atoms with Crippen molar-refractivity contribution in [2.45, 2.75) is 19.5 Å². The van der Waals surface area contributed by atoms with Crippen LogP contribution in [-0.2, 0) is 14.1 Å². The van der Waals surface area contributed by atoms with Gasteiger partial charge in [-0.05, 0) is 38.1 Å². The number of carbonyl (C=O) groups is 1. The highest BCUT2D eigenvalue weighted by molar-refractivity contribution is 7.56. The Morgan fingerprint density at radius 1 is 0.889 bits per heavy atom. The van der Waals surface area contributed by atoms with E-state index >= 15 is 0 Å². The van der Waals surface area contributed by atoms with Crippen LogP contribution >= 0.6 is 7.60 Å². The maximum Gasteiger partial charge on any atom is 0.444 e. The summed E-state index contributed by atoms with van der Waals surface area (Å²) in [4.78, 5) is 12.3. The lowest BCUT2D eigenvalue weighted by atomic mass is 10.3. The summed E-state index contributed by atoms with van der Waals surface area (Å²) < 4.78 is 40.5. The molecule has 8 heteroatoms. The fourth-order valence-corrected chi connectivity index (χ4v) is 3.77. The number of hydrogen-bond donors (Lipinski definition) is 0. The van der Waals surface area contributed by atoms with Crippen molar-refractivity contribution in [1.29, 1.82) is 0 Å². The van der Waals surface area contributed by atoms with Gasteiger partial charge in [0.05, 0.1) is 20.8 Å². The Balaban J connectivity index is 2.44. The SMILES string of the molecule is CCOC(=O)C(C)P(=O)(Oc1ccccc1OC)Oc1ccccc1OC. The van der Waals surface area contributed by atoms with Gasteiger partial charge in [-0.3, -0.25) is 4.79 Å². The minimum absolute atomic E-state index is 0.145. The van der Waals surface area contributed by atoms with Gasteiger partial charge < -0.3 is 23.3 Å². The number of esters is 1. The summed E-state index contributed by atoms with van der Waals surface area (Å²) in [5, 5.41) is 0. The van der Waals surface area contributed by atoms with Gasteiger partial charge in [-0.2, -0.15) is 0 Å². The second kappa shape index (κ2) is 9.33. The van der Waals surface area contributed by atoms with Crippen LogP contribution in [0.3, 0.4) is 0 Å². The monoisotopic (exact) mass is 394 g/mol. The van der Waals surface area contributed by atoms with Crippen LogP contribution in [0.2, 0.25) is 0 Å². The number of carbonyl (C=O) groups excluding carboxylic acids is 1. The highest BCUT2D eigenvalue weighted by Gasteiger charge is 2.43. The summed E-state index contributed by atoms with van der Waals surface area (Å²) >= 11 is 0. The summed E-state index contributed by atoms with van der Waals surface area (Å²) in [6.45, 7) is 3.24. The number of hydrogen-bond acceptors (Lipinski definition) is 7. The van der Waals surface area contributed by atoms with E-state index in [4.69, 9.17) is 23.3 Å². The third-order valence-corrected chi connectivity index (χ3v) is 5.75. The van der Waals surface area contributed by atoms with Crippen LogP contribution in [0.1, 0.15) is 13.8 Å². The van der Waals surface area contributed by atoms with Gasteiger partial charge in [-0.15, -0.1) is 0 Å². The molecule has 0 amide bonds. The van der Waals surface area contributed by atoms with Crippen LogP contribution in [0.4, 0.5) is 0 Å². The van der Waals surface area contributed by atoms with Crippen molar-refractivity contribution >= 4 is 13.6 Å². The second-order valence-electron chi connectivity index (χ2n) is 5.45. The molecule has 1 unspecified atom stereocenters. The molecule has 0 saturated carbocycles. The van der Waals surface area contributed by atoms with Crippen molar-refractivity contribution in [1.82, 2.24) is 0 Å². The Bertz CT molecular complexity index is 768. The lowest BCUT2D eigenvalue weighted by Gasteiger charge is -2.25. The van der Waals surface area contributed by atoms with Crippen LogP contribution < -0.4 is 18.5 Å². The largest absolute Gasteiger partial charge is 0.493 e. The molecule has 146 valence electrons. The third kappa shape index (κ3) is 4.95. The smallest absolute Gasteiger partial charge is 0.444 e. The number of benzene rings is 2. The molecule has 2 aromatic rings. The Hall–Kier alpha value is -2.66. The first-order valence-corrected chi connectivity index (χ1v) is 9.98. The summed E-state index contributed by atoms with van der Waals surface area (Å²) in [7, 11) is -1.13. The fourth-order valence-electron chi connectivity index (χ4n) is 2.23. The number of para-hydroxylation sites is 4. The third-order valence-electron chi connectivity index (χ3n) is 3.69. The summed E-state index contributed by atoms with van der Waals surface area (Å²) in [6, 6.07) is 13.3. The van der Waals surface area contributed by atoms with Crippen molar-refractivity contribution in [3.05, 3.63) is 48.5 Å². The molecule has 0 fully saturated rings. The number of methoxy groups -OCH3 is 2.